The van der Waals surface area contributed by atoms with Crippen LogP contribution in [0, 0.1) is 17.7 Å². The van der Waals surface area contributed by atoms with Gasteiger partial charge in [0, 0.05) is 31.5 Å². The average Bonchev–Trinajstić information content (AvgIpc) is 3.17. The number of nitrogens with zero attached hydrogens (tertiary/aromatic N) is 2. The van der Waals surface area contributed by atoms with E-state index in [0.29, 0.717) is 19.0 Å². The maximum absolute atomic E-state index is 13.1. The summed E-state index contributed by atoms with van der Waals surface area (Å²) in [6, 6.07) is 6.57. The Balaban J connectivity index is 1.32. The number of hydrogen-bond acceptors (Lipinski definition) is 2. The van der Waals surface area contributed by atoms with Crippen LogP contribution in [-0.2, 0) is 9.59 Å². The number of amides is 2. The first kappa shape index (κ1) is 17.5. The summed E-state index contributed by atoms with van der Waals surface area (Å²) in [5, 5.41) is 0. The second-order valence-corrected chi connectivity index (χ2v) is 7.97. The van der Waals surface area contributed by atoms with Crippen molar-refractivity contribution in [3.63, 3.8) is 0 Å². The molecule has 0 radical (unpaired) electrons. The Kier molecular flexibility index (Phi) is 4.96. The van der Waals surface area contributed by atoms with Gasteiger partial charge in [0.05, 0.1) is 6.04 Å². The first-order chi connectivity index (χ1) is 12.6. The van der Waals surface area contributed by atoms with E-state index >= 15 is 0 Å². The Bertz CT molecular complexity index is 661. The molecule has 140 valence electrons. The molecule has 0 aromatic heterocycles. The fraction of sp³-hybridized carbons (Fsp3) is 0.619. The maximum Gasteiger partial charge on any atom is 0.226 e. The van der Waals surface area contributed by atoms with Gasteiger partial charge in [0.25, 0.3) is 0 Å². The van der Waals surface area contributed by atoms with Crippen LogP contribution in [0.5, 0.6) is 0 Å². The van der Waals surface area contributed by atoms with Gasteiger partial charge in [-0.05, 0) is 49.8 Å². The monoisotopic (exact) mass is 358 g/mol. The maximum atomic E-state index is 13.1. The molecule has 2 amide bonds. The Labute approximate surface area is 154 Å². The van der Waals surface area contributed by atoms with Crippen molar-refractivity contribution in [1.82, 2.24) is 9.80 Å². The van der Waals surface area contributed by atoms with E-state index in [2.05, 4.69) is 0 Å². The van der Waals surface area contributed by atoms with Crippen LogP contribution in [0.3, 0.4) is 0 Å². The molecule has 4 rings (SSSR count). The van der Waals surface area contributed by atoms with E-state index in [0.717, 1.165) is 44.2 Å². The largest absolute Gasteiger partial charge is 0.342 e. The summed E-state index contributed by atoms with van der Waals surface area (Å²) >= 11 is 0. The molecule has 0 spiro atoms. The van der Waals surface area contributed by atoms with Gasteiger partial charge in [-0.1, -0.05) is 25.0 Å². The van der Waals surface area contributed by atoms with Gasteiger partial charge in [-0.3, -0.25) is 9.59 Å². The second-order valence-electron chi connectivity index (χ2n) is 7.97. The molecular weight excluding hydrogens is 331 g/mol. The Hall–Kier alpha value is -1.91. The highest BCUT2D eigenvalue weighted by molar-refractivity contribution is 5.82. The fourth-order valence-electron chi connectivity index (χ4n) is 4.69. The molecule has 1 aliphatic carbocycles. The number of carbonyl (C=O) groups excluding carboxylic acids is 2. The van der Waals surface area contributed by atoms with Crippen molar-refractivity contribution in [2.24, 2.45) is 11.8 Å². The van der Waals surface area contributed by atoms with Crippen molar-refractivity contribution >= 4 is 11.8 Å². The smallest absolute Gasteiger partial charge is 0.226 e. The topological polar surface area (TPSA) is 40.6 Å². The van der Waals surface area contributed by atoms with Crippen molar-refractivity contribution in [1.29, 1.82) is 0 Å². The SMILES string of the molecule is O=C(C1CCCC1)N1CCC(C(=O)N2CCC2c2ccc(F)cc2)CC1. The minimum absolute atomic E-state index is 0.0193. The van der Waals surface area contributed by atoms with Crippen LogP contribution in [0.2, 0.25) is 0 Å². The third-order valence-electron chi connectivity index (χ3n) is 6.42. The van der Waals surface area contributed by atoms with Crippen LogP contribution in [-0.4, -0.2) is 41.2 Å². The molecule has 2 aliphatic heterocycles. The quantitative estimate of drug-likeness (QED) is 0.829. The lowest BCUT2D eigenvalue weighted by Crippen LogP contribution is -2.50. The van der Waals surface area contributed by atoms with Gasteiger partial charge in [-0.25, -0.2) is 4.39 Å². The van der Waals surface area contributed by atoms with E-state index in [1.165, 1.54) is 25.0 Å². The number of hydrogen-bond donors (Lipinski definition) is 0. The van der Waals surface area contributed by atoms with Crippen molar-refractivity contribution in [2.45, 2.75) is 51.0 Å². The number of rotatable bonds is 3. The molecular formula is C21H27FN2O2. The van der Waals surface area contributed by atoms with Crippen LogP contribution in [0.4, 0.5) is 4.39 Å². The van der Waals surface area contributed by atoms with Crippen LogP contribution in [0.1, 0.15) is 56.6 Å². The number of likely N-dealkylation sites (tertiary alicyclic amines) is 2. The van der Waals surface area contributed by atoms with Gasteiger partial charge in [-0.15, -0.1) is 0 Å². The highest BCUT2D eigenvalue weighted by Gasteiger charge is 2.39. The molecule has 2 saturated heterocycles. The normalized spacial score (nSPS) is 24.6. The third kappa shape index (κ3) is 3.36. The zero-order valence-electron chi connectivity index (χ0n) is 15.2. The van der Waals surface area contributed by atoms with E-state index in [1.807, 2.05) is 9.80 Å². The summed E-state index contributed by atoms with van der Waals surface area (Å²) in [5.74, 6) is 0.511. The zero-order chi connectivity index (χ0) is 18.1. The van der Waals surface area contributed by atoms with Crippen LogP contribution >= 0.6 is 0 Å². The van der Waals surface area contributed by atoms with Gasteiger partial charge in [0.1, 0.15) is 5.82 Å². The Morgan fingerprint density at radius 3 is 2.00 bits per heavy atom. The fourth-order valence-corrected chi connectivity index (χ4v) is 4.69. The van der Waals surface area contributed by atoms with Crippen molar-refractivity contribution in [2.75, 3.05) is 19.6 Å². The molecule has 3 aliphatic rings. The summed E-state index contributed by atoms with van der Waals surface area (Å²) < 4.78 is 13.1. The van der Waals surface area contributed by atoms with Crippen LogP contribution in [0.25, 0.3) is 0 Å². The molecule has 0 bridgehead atoms. The van der Waals surface area contributed by atoms with Gasteiger partial charge in [-0.2, -0.15) is 0 Å². The first-order valence-electron chi connectivity index (χ1n) is 9.98. The molecule has 4 nitrogen and oxygen atoms in total. The molecule has 1 unspecified atom stereocenters. The average molecular weight is 358 g/mol. The number of halogens is 1. The predicted molar refractivity (Wildman–Crippen MR) is 96.7 cm³/mol. The Morgan fingerprint density at radius 2 is 1.42 bits per heavy atom. The van der Waals surface area contributed by atoms with E-state index in [4.69, 9.17) is 0 Å². The third-order valence-corrected chi connectivity index (χ3v) is 6.42. The Morgan fingerprint density at radius 1 is 0.808 bits per heavy atom. The molecule has 1 saturated carbocycles. The van der Waals surface area contributed by atoms with Crippen molar-refractivity contribution in [3.8, 4) is 0 Å². The highest BCUT2D eigenvalue weighted by atomic mass is 19.1. The molecule has 3 fully saturated rings. The summed E-state index contributed by atoms with van der Waals surface area (Å²) in [6.07, 6.45) is 6.88. The number of benzene rings is 1. The zero-order valence-corrected chi connectivity index (χ0v) is 15.2. The molecule has 2 heterocycles. The molecule has 0 N–H and O–H groups in total. The number of piperidine rings is 1. The predicted octanol–water partition coefficient (Wildman–Crippen LogP) is 3.53. The van der Waals surface area contributed by atoms with E-state index in [1.54, 1.807) is 12.1 Å². The lowest BCUT2D eigenvalue weighted by Gasteiger charge is -2.44. The summed E-state index contributed by atoms with van der Waals surface area (Å²) in [6.45, 7) is 2.20. The minimum atomic E-state index is -0.245. The lowest BCUT2D eigenvalue weighted by atomic mass is 9.89. The van der Waals surface area contributed by atoms with Gasteiger partial charge >= 0.3 is 0 Å². The number of carbonyl (C=O) groups is 2. The van der Waals surface area contributed by atoms with Crippen molar-refractivity contribution < 1.29 is 14.0 Å². The molecule has 1 aromatic carbocycles. The molecule has 1 atom stereocenters. The van der Waals surface area contributed by atoms with Gasteiger partial charge in [0.2, 0.25) is 11.8 Å². The second kappa shape index (κ2) is 7.37. The lowest BCUT2D eigenvalue weighted by molar-refractivity contribution is -0.148. The molecule has 26 heavy (non-hydrogen) atoms. The highest BCUT2D eigenvalue weighted by Crippen LogP contribution is 2.36. The van der Waals surface area contributed by atoms with Crippen molar-refractivity contribution in [3.05, 3.63) is 35.6 Å². The van der Waals surface area contributed by atoms with E-state index in [9.17, 15) is 14.0 Å². The van der Waals surface area contributed by atoms with E-state index < -0.39 is 0 Å². The van der Waals surface area contributed by atoms with Gasteiger partial charge in [0.15, 0.2) is 0 Å². The molecule has 5 heteroatoms. The summed E-state index contributed by atoms with van der Waals surface area (Å²) in [4.78, 5) is 29.4. The van der Waals surface area contributed by atoms with E-state index in [-0.39, 0.29) is 29.6 Å². The van der Waals surface area contributed by atoms with Gasteiger partial charge < -0.3 is 9.80 Å². The van der Waals surface area contributed by atoms with Crippen LogP contribution < -0.4 is 0 Å². The van der Waals surface area contributed by atoms with Crippen LogP contribution in [0.15, 0.2) is 24.3 Å². The summed E-state index contributed by atoms with van der Waals surface area (Å²) in [7, 11) is 0. The minimum Gasteiger partial charge on any atom is -0.342 e. The molecule has 1 aromatic rings. The summed E-state index contributed by atoms with van der Waals surface area (Å²) in [5.41, 5.74) is 1.01. The first-order valence-corrected chi connectivity index (χ1v) is 9.98. The standard InChI is InChI=1S/C21H27FN2O2/c22-18-7-5-15(6-8-18)19-11-14-24(19)21(26)17-9-12-23(13-10-17)20(25)16-3-1-2-4-16/h5-8,16-17,19H,1-4,9-14H2.